The smallest absolute Gasteiger partial charge is 0.133 e. The van der Waals surface area contributed by atoms with Gasteiger partial charge in [0.15, 0.2) is 0 Å². The maximum Gasteiger partial charge on any atom is 0.133 e. The highest BCUT2D eigenvalue weighted by Gasteiger charge is 1.98. The van der Waals surface area contributed by atoms with Gasteiger partial charge in [-0.2, -0.15) is 0 Å². The van der Waals surface area contributed by atoms with Gasteiger partial charge in [0.05, 0.1) is 6.26 Å². The molecular formula is C11H10OS. The van der Waals surface area contributed by atoms with Crippen LogP contribution in [0.15, 0.2) is 52.0 Å². The summed E-state index contributed by atoms with van der Waals surface area (Å²) in [6.07, 6.45) is 3.76. The molecule has 1 nitrogen and oxygen atoms in total. The second kappa shape index (κ2) is 3.71. The van der Waals surface area contributed by atoms with Gasteiger partial charge < -0.3 is 4.42 Å². The van der Waals surface area contributed by atoms with Gasteiger partial charge in [-0.1, -0.05) is 12.1 Å². The lowest BCUT2D eigenvalue weighted by Crippen LogP contribution is -1.73. The molecule has 2 aromatic rings. The highest BCUT2D eigenvalue weighted by molar-refractivity contribution is 7.98. The standard InChI is InChI=1S/C11H10OS/c1-13-10-6-4-9(5-7-10)11-3-2-8-12-11/h2-8H,1H3. The van der Waals surface area contributed by atoms with Gasteiger partial charge in [0.1, 0.15) is 5.76 Å². The predicted octanol–water partition coefficient (Wildman–Crippen LogP) is 3.67. The molecule has 0 bridgehead atoms. The third-order valence-electron chi connectivity index (χ3n) is 1.90. The molecule has 2 rings (SSSR count). The van der Waals surface area contributed by atoms with Gasteiger partial charge in [0.25, 0.3) is 0 Å². The molecule has 0 aliphatic heterocycles. The Morgan fingerprint density at radius 1 is 1.08 bits per heavy atom. The van der Waals surface area contributed by atoms with Gasteiger partial charge in [-0.15, -0.1) is 11.8 Å². The van der Waals surface area contributed by atoms with Gasteiger partial charge in [0.2, 0.25) is 0 Å². The largest absolute Gasteiger partial charge is 0.464 e. The van der Waals surface area contributed by atoms with Crippen LogP contribution < -0.4 is 0 Å². The quantitative estimate of drug-likeness (QED) is 0.670. The number of benzene rings is 1. The Hall–Kier alpha value is -1.15. The highest BCUT2D eigenvalue weighted by Crippen LogP contribution is 2.22. The van der Waals surface area contributed by atoms with E-state index < -0.39 is 0 Å². The second-order valence-corrected chi connectivity index (χ2v) is 3.59. The molecule has 0 fully saturated rings. The lowest BCUT2D eigenvalue weighted by molar-refractivity contribution is 0.582. The van der Waals surface area contributed by atoms with E-state index in [2.05, 4.69) is 30.5 Å². The molecule has 1 aromatic carbocycles. The summed E-state index contributed by atoms with van der Waals surface area (Å²) in [4.78, 5) is 1.27. The van der Waals surface area contributed by atoms with Crippen LogP contribution in [0.25, 0.3) is 11.3 Å². The van der Waals surface area contributed by atoms with Gasteiger partial charge in [-0.25, -0.2) is 0 Å². The second-order valence-electron chi connectivity index (χ2n) is 2.71. The first-order chi connectivity index (χ1) is 6.40. The van der Waals surface area contributed by atoms with Crippen LogP contribution >= 0.6 is 11.8 Å². The molecule has 0 saturated carbocycles. The number of thioether (sulfide) groups is 1. The molecule has 66 valence electrons. The Morgan fingerprint density at radius 3 is 2.38 bits per heavy atom. The van der Waals surface area contributed by atoms with Crippen LogP contribution in [0.3, 0.4) is 0 Å². The molecule has 0 aliphatic rings. The van der Waals surface area contributed by atoms with Gasteiger partial charge in [-0.05, 0) is 30.5 Å². The molecule has 0 spiro atoms. The van der Waals surface area contributed by atoms with Crippen LogP contribution in [-0.4, -0.2) is 6.26 Å². The van der Waals surface area contributed by atoms with Crippen molar-refractivity contribution in [2.75, 3.05) is 6.26 Å². The van der Waals surface area contributed by atoms with Crippen molar-refractivity contribution < 1.29 is 4.42 Å². The summed E-state index contributed by atoms with van der Waals surface area (Å²) in [5.74, 6) is 0.924. The zero-order chi connectivity index (χ0) is 9.10. The Labute approximate surface area is 81.8 Å². The molecular weight excluding hydrogens is 180 g/mol. The average molecular weight is 190 g/mol. The molecule has 2 heteroatoms. The summed E-state index contributed by atoms with van der Waals surface area (Å²) in [7, 11) is 0. The number of rotatable bonds is 2. The number of hydrogen-bond donors (Lipinski definition) is 0. The van der Waals surface area contributed by atoms with E-state index in [4.69, 9.17) is 4.42 Å². The zero-order valence-corrected chi connectivity index (χ0v) is 8.17. The van der Waals surface area contributed by atoms with E-state index in [1.165, 1.54) is 4.90 Å². The fourth-order valence-corrected chi connectivity index (χ4v) is 1.61. The van der Waals surface area contributed by atoms with Crippen LogP contribution in [-0.2, 0) is 0 Å². The third kappa shape index (κ3) is 1.78. The Morgan fingerprint density at radius 2 is 1.85 bits per heavy atom. The minimum Gasteiger partial charge on any atom is -0.464 e. The maximum atomic E-state index is 5.29. The lowest BCUT2D eigenvalue weighted by atomic mass is 10.2. The number of hydrogen-bond acceptors (Lipinski definition) is 2. The topological polar surface area (TPSA) is 13.1 Å². The van der Waals surface area contributed by atoms with Crippen LogP contribution in [0.5, 0.6) is 0 Å². The third-order valence-corrected chi connectivity index (χ3v) is 2.64. The van der Waals surface area contributed by atoms with E-state index in [0.29, 0.717) is 0 Å². The Balaban J connectivity index is 2.33. The van der Waals surface area contributed by atoms with Gasteiger partial charge in [-0.3, -0.25) is 0 Å². The van der Waals surface area contributed by atoms with Crippen LogP contribution in [0.1, 0.15) is 0 Å². The molecule has 0 saturated heterocycles. The minimum absolute atomic E-state index is 0.924. The van der Waals surface area contributed by atoms with E-state index in [1.54, 1.807) is 18.0 Å². The number of furan rings is 1. The van der Waals surface area contributed by atoms with Gasteiger partial charge in [0, 0.05) is 10.5 Å². The monoisotopic (exact) mass is 190 g/mol. The fraction of sp³-hybridized carbons (Fsp3) is 0.0909. The molecule has 1 aromatic heterocycles. The van der Waals surface area contributed by atoms with E-state index in [0.717, 1.165) is 11.3 Å². The van der Waals surface area contributed by atoms with Crippen LogP contribution in [0.4, 0.5) is 0 Å². The van der Waals surface area contributed by atoms with Gasteiger partial charge >= 0.3 is 0 Å². The van der Waals surface area contributed by atoms with Crippen LogP contribution in [0, 0.1) is 0 Å². The fourth-order valence-electron chi connectivity index (χ4n) is 1.20. The summed E-state index contributed by atoms with van der Waals surface area (Å²) in [6, 6.07) is 12.2. The summed E-state index contributed by atoms with van der Waals surface area (Å²) in [5.41, 5.74) is 1.13. The summed E-state index contributed by atoms with van der Waals surface area (Å²) < 4.78 is 5.29. The summed E-state index contributed by atoms with van der Waals surface area (Å²) in [5, 5.41) is 0. The van der Waals surface area contributed by atoms with Crippen molar-refractivity contribution >= 4 is 11.8 Å². The Kier molecular flexibility index (Phi) is 2.41. The van der Waals surface area contributed by atoms with Crippen molar-refractivity contribution in [3.05, 3.63) is 42.7 Å². The van der Waals surface area contributed by atoms with Crippen molar-refractivity contribution in [2.45, 2.75) is 4.90 Å². The molecule has 0 atom stereocenters. The molecule has 0 amide bonds. The molecule has 1 heterocycles. The molecule has 0 radical (unpaired) electrons. The lowest BCUT2D eigenvalue weighted by Gasteiger charge is -1.98. The first kappa shape index (κ1) is 8.45. The summed E-state index contributed by atoms with van der Waals surface area (Å²) >= 11 is 1.74. The molecule has 13 heavy (non-hydrogen) atoms. The minimum atomic E-state index is 0.924. The van der Waals surface area contributed by atoms with E-state index in [9.17, 15) is 0 Å². The van der Waals surface area contributed by atoms with Crippen molar-refractivity contribution in [1.82, 2.24) is 0 Å². The molecule has 0 N–H and O–H groups in total. The van der Waals surface area contributed by atoms with Crippen molar-refractivity contribution in [3.8, 4) is 11.3 Å². The highest BCUT2D eigenvalue weighted by atomic mass is 32.2. The Bertz CT molecular complexity index is 361. The van der Waals surface area contributed by atoms with Crippen molar-refractivity contribution in [1.29, 1.82) is 0 Å². The SMILES string of the molecule is CSc1ccc(-c2ccco2)cc1. The average Bonchev–Trinajstić information content (AvgIpc) is 2.71. The van der Waals surface area contributed by atoms with E-state index in [-0.39, 0.29) is 0 Å². The first-order valence-electron chi connectivity index (χ1n) is 4.08. The molecule has 0 aliphatic carbocycles. The van der Waals surface area contributed by atoms with Crippen molar-refractivity contribution in [2.24, 2.45) is 0 Å². The molecule has 0 unspecified atom stereocenters. The van der Waals surface area contributed by atoms with E-state index >= 15 is 0 Å². The maximum absolute atomic E-state index is 5.29. The van der Waals surface area contributed by atoms with E-state index in [1.807, 2.05) is 12.1 Å². The first-order valence-corrected chi connectivity index (χ1v) is 5.30. The van der Waals surface area contributed by atoms with Crippen molar-refractivity contribution in [3.63, 3.8) is 0 Å². The zero-order valence-electron chi connectivity index (χ0n) is 7.36. The van der Waals surface area contributed by atoms with Crippen LogP contribution in [0.2, 0.25) is 0 Å². The summed E-state index contributed by atoms with van der Waals surface area (Å²) in [6.45, 7) is 0. The normalized spacial score (nSPS) is 10.2. The predicted molar refractivity (Wildman–Crippen MR) is 55.9 cm³/mol.